The van der Waals surface area contributed by atoms with E-state index in [2.05, 4.69) is 19.1 Å². The number of aryl methyl sites for hydroxylation is 1. The van der Waals surface area contributed by atoms with Crippen molar-refractivity contribution in [3.05, 3.63) is 52.6 Å². The van der Waals surface area contributed by atoms with Gasteiger partial charge in [-0.25, -0.2) is 4.79 Å². The molecular formula is C23H23NO6S2. The molecule has 168 valence electrons. The van der Waals surface area contributed by atoms with E-state index in [-0.39, 0.29) is 22.1 Å². The second-order valence-corrected chi connectivity index (χ2v) is 9.02. The summed E-state index contributed by atoms with van der Waals surface area (Å²) in [5, 5.41) is 18.3. The van der Waals surface area contributed by atoms with Gasteiger partial charge in [0, 0.05) is 18.1 Å². The Hall–Kier alpha value is -2.91. The van der Waals surface area contributed by atoms with Crippen LogP contribution in [0.2, 0.25) is 0 Å². The lowest BCUT2D eigenvalue weighted by atomic mass is 10.1. The number of hydrogen-bond donors (Lipinski definition) is 2. The Kier molecular flexibility index (Phi) is 7.87. The number of thioether (sulfide) groups is 1. The zero-order valence-electron chi connectivity index (χ0n) is 17.4. The molecule has 2 N–H and O–H groups in total. The number of carboxylic acid groups (broad SMARTS) is 2. The molecule has 1 unspecified atom stereocenters. The van der Waals surface area contributed by atoms with Crippen LogP contribution < -0.4 is 0 Å². The number of carbonyl (C=O) groups excluding carboxylic acids is 1. The zero-order chi connectivity index (χ0) is 23.3. The molecule has 2 heterocycles. The summed E-state index contributed by atoms with van der Waals surface area (Å²) in [7, 11) is 0. The van der Waals surface area contributed by atoms with Crippen molar-refractivity contribution in [3.63, 3.8) is 0 Å². The van der Waals surface area contributed by atoms with E-state index in [0.717, 1.165) is 41.5 Å². The van der Waals surface area contributed by atoms with E-state index in [4.69, 9.17) is 21.7 Å². The third-order valence-electron chi connectivity index (χ3n) is 5.01. The van der Waals surface area contributed by atoms with Gasteiger partial charge in [-0.1, -0.05) is 61.6 Å². The predicted molar refractivity (Wildman–Crippen MR) is 126 cm³/mol. The Balaban J connectivity index is 1.76. The van der Waals surface area contributed by atoms with E-state index in [1.807, 2.05) is 12.1 Å². The normalized spacial score (nSPS) is 16.0. The second-order valence-electron chi connectivity index (χ2n) is 7.34. The van der Waals surface area contributed by atoms with E-state index < -0.39 is 23.9 Å². The van der Waals surface area contributed by atoms with Crippen LogP contribution in [-0.4, -0.2) is 43.3 Å². The molecule has 1 saturated heterocycles. The Morgan fingerprint density at radius 3 is 2.53 bits per heavy atom. The van der Waals surface area contributed by atoms with Gasteiger partial charge in [-0.05, 0) is 37.0 Å². The van der Waals surface area contributed by atoms with Crippen LogP contribution in [0.15, 0.2) is 45.7 Å². The zero-order valence-corrected chi connectivity index (χ0v) is 19.1. The molecule has 1 aromatic carbocycles. The molecule has 9 heteroatoms. The van der Waals surface area contributed by atoms with Crippen LogP contribution >= 0.6 is 24.0 Å². The minimum Gasteiger partial charge on any atom is -0.481 e. The summed E-state index contributed by atoms with van der Waals surface area (Å²) in [6.45, 7) is 2.16. The number of benzene rings is 1. The van der Waals surface area contributed by atoms with Crippen molar-refractivity contribution in [1.29, 1.82) is 0 Å². The number of nitrogens with zero attached hydrogens (tertiary/aromatic N) is 1. The number of unbranched alkanes of at least 4 members (excludes halogenated alkanes) is 1. The number of aliphatic carboxylic acids is 2. The number of furan rings is 1. The molecule has 1 amide bonds. The van der Waals surface area contributed by atoms with E-state index >= 15 is 0 Å². The molecule has 1 aliphatic heterocycles. The van der Waals surface area contributed by atoms with Crippen molar-refractivity contribution in [2.45, 2.75) is 45.1 Å². The van der Waals surface area contributed by atoms with Crippen molar-refractivity contribution in [1.82, 2.24) is 4.90 Å². The Morgan fingerprint density at radius 2 is 1.91 bits per heavy atom. The van der Waals surface area contributed by atoms with Crippen LogP contribution in [0.1, 0.15) is 43.9 Å². The quantitative estimate of drug-likeness (QED) is 0.374. The van der Waals surface area contributed by atoms with Gasteiger partial charge in [0.1, 0.15) is 21.9 Å². The van der Waals surface area contributed by atoms with Crippen molar-refractivity contribution >= 4 is 52.2 Å². The van der Waals surface area contributed by atoms with Gasteiger partial charge in [0.25, 0.3) is 5.91 Å². The number of thiocarbonyl (C=S) groups is 1. The van der Waals surface area contributed by atoms with E-state index in [9.17, 15) is 19.5 Å². The van der Waals surface area contributed by atoms with E-state index in [1.165, 1.54) is 11.6 Å². The lowest BCUT2D eigenvalue weighted by molar-refractivity contribution is -0.146. The molecule has 0 radical (unpaired) electrons. The largest absolute Gasteiger partial charge is 0.481 e. The fourth-order valence-corrected chi connectivity index (χ4v) is 4.64. The first kappa shape index (κ1) is 23.7. The van der Waals surface area contributed by atoms with Gasteiger partial charge in [0.05, 0.1) is 4.91 Å². The van der Waals surface area contributed by atoms with Crippen LogP contribution in [0.5, 0.6) is 0 Å². The van der Waals surface area contributed by atoms with E-state index in [0.29, 0.717) is 11.5 Å². The minimum atomic E-state index is -1.33. The number of carboxylic acids is 2. The maximum absolute atomic E-state index is 12.8. The third-order valence-corrected chi connectivity index (χ3v) is 6.34. The van der Waals surface area contributed by atoms with E-state index in [1.54, 1.807) is 12.1 Å². The number of rotatable bonds is 10. The third kappa shape index (κ3) is 5.66. The highest BCUT2D eigenvalue weighted by Gasteiger charge is 2.40. The molecule has 1 fully saturated rings. The molecule has 0 aliphatic carbocycles. The van der Waals surface area contributed by atoms with Crippen LogP contribution in [0.3, 0.4) is 0 Å². The highest BCUT2D eigenvalue weighted by atomic mass is 32.2. The summed E-state index contributed by atoms with van der Waals surface area (Å²) in [4.78, 5) is 36.4. The SMILES string of the molecule is CCCCc1ccc(-c2ccc(/C=C3\SC(=S)N(C(CCC(=O)O)C(=O)O)C3=O)o2)cc1. The molecule has 0 bridgehead atoms. The van der Waals surface area contributed by atoms with Gasteiger partial charge in [-0.2, -0.15) is 0 Å². The van der Waals surface area contributed by atoms with Gasteiger partial charge < -0.3 is 14.6 Å². The summed E-state index contributed by atoms with van der Waals surface area (Å²) in [6, 6.07) is 10.3. The van der Waals surface area contributed by atoms with Crippen LogP contribution in [0, 0.1) is 0 Å². The minimum absolute atomic E-state index is 0.0773. The lowest BCUT2D eigenvalue weighted by Gasteiger charge is -2.22. The molecule has 2 aromatic rings. The highest BCUT2D eigenvalue weighted by molar-refractivity contribution is 8.26. The average molecular weight is 474 g/mol. The molecule has 1 atom stereocenters. The molecule has 3 rings (SSSR count). The second kappa shape index (κ2) is 10.6. The standard InChI is InChI=1S/C23H23NO6S2/c1-2-3-4-14-5-7-15(8-6-14)18-11-9-16(30-18)13-19-21(27)24(23(31)32-19)17(22(28)29)10-12-20(25)26/h5-9,11,13,17H,2-4,10,12H2,1H3,(H,25,26)(H,28,29)/b19-13-. The van der Waals surface area contributed by atoms with Gasteiger partial charge in [0.15, 0.2) is 0 Å². The summed E-state index contributed by atoms with van der Waals surface area (Å²) in [6.07, 6.45) is 4.22. The molecule has 1 aliphatic rings. The first-order valence-electron chi connectivity index (χ1n) is 10.2. The molecule has 7 nitrogen and oxygen atoms in total. The Bertz CT molecular complexity index is 1060. The van der Waals surface area contributed by atoms with Crippen LogP contribution in [-0.2, 0) is 20.8 Å². The summed E-state index contributed by atoms with van der Waals surface area (Å²) < 4.78 is 5.94. The van der Waals surface area contributed by atoms with Gasteiger partial charge in [0.2, 0.25) is 0 Å². The molecular weight excluding hydrogens is 450 g/mol. The number of carbonyl (C=O) groups is 3. The Labute approximate surface area is 195 Å². The monoisotopic (exact) mass is 473 g/mol. The number of amides is 1. The predicted octanol–water partition coefficient (Wildman–Crippen LogP) is 4.81. The maximum atomic E-state index is 12.8. The van der Waals surface area contributed by atoms with Gasteiger partial charge >= 0.3 is 11.9 Å². The molecule has 1 aromatic heterocycles. The topological polar surface area (TPSA) is 108 Å². The Morgan fingerprint density at radius 1 is 1.19 bits per heavy atom. The number of hydrogen-bond acceptors (Lipinski definition) is 6. The fraction of sp³-hybridized carbons (Fsp3) is 0.304. The highest BCUT2D eigenvalue weighted by Crippen LogP contribution is 2.35. The molecule has 0 saturated carbocycles. The van der Waals surface area contributed by atoms with Gasteiger partial charge in [-0.3, -0.25) is 14.5 Å². The van der Waals surface area contributed by atoms with Crippen molar-refractivity contribution in [2.75, 3.05) is 0 Å². The molecule has 0 spiro atoms. The van der Waals surface area contributed by atoms with Crippen LogP contribution in [0.4, 0.5) is 0 Å². The first-order valence-corrected chi connectivity index (χ1v) is 11.4. The van der Waals surface area contributed by atoms with Crippen molar-refractivity contribution in [3.8, 4) is 11.3 Å². The maximum Gasteiger partial charge on any atom is 0.326 e. The van der Waals surface area contributed by atoms with Crippen molar-refractivity contribution < 1.29 is 29.0 Å². The van der Waals surface area contributed by atoms with Gasteiger partial charge in [-0.15, -0.1) is 0 Å². The summed E-state index contributed by atoms with van der Waals surface area (Å²) in [5.41, 5.74) is 2.18. The lowest BCUT2D eigenvalue weighted by Crippen LogP contribution is -2.44. The van der Waals surface area contributed by atoms with Crippen molar-refractivity contribution in [2.24, 2.45) is 0 Å². The summed E-state index contributed by atoms with van der Waals surface area (Å²) >= 11 is 6.17. The fourth-order valence-electron chi connectivity index (χ4n) is 3.30. The average Bonchev–Trinajstić information content (AvgIpc) is 3.32. The van der Waals surface area contributed by atoms with Crippen LogP contribution in [0.25, 0.3) is 17.4 Å². The molecule has 32 heavy (non-hydrogen) atoms. The first-order chi connectivity index (χ1) is 15.3. The smallest absolute Gasteiger partial charge is 0.326 e. The summed E-state index contributed by atoms with van der Waals surface area (Å²) in [5.74, 6) is -1.92.